The van der Waals surface area contributed by atoms with Crippen molar-refractivity contribution in [1.82, 2.24) is 9.97 Å². The van der Waals surface area contributed by atoms with Gasteiger partial charge >= 0.3 is 0 Å². The molecule has 4 rings (SSSR count). The Morgan fingerprint density at radius 3 is 2.62 bits per heavy atom. The fourth-order valence-corrected chi connectivity index (χ4v) is 3.96. The number of aromatic nitrogens is 2. The highest BCUT2D eigenvalue weighted by Gasteiger charge is 2.22. The summed E-state index contributed by atoms with van der Waals surface area (Å²) in [5.74, 6) is 1.43. The molecular formula is C20H21N5O3S. The Balaban J connectivity index is 1.65. The SMILES string of the molecule is Cc1cc(N2CCCc3c(O)cccc32)nc(Nc2ccc(S(N)(=O)=O)cc2)n1. The van der Waals surface area contributed by atoms with Gasteiger partial charge in [-0.2, -0.15) is 4.98 Å². The van der Waals surface area contributed by atoms with Crippen LogP contribution < -0.4 is 15.4 Å². The second-order valence-electron chi connectivity index (χ2n) is 6.92. The second-order valence-corrected chi connectivity index (χ2v) is 8.48. The zero-order chi connectivity index (χ0) is 20.6. The molecule has 0 spiro atoms. The molecule has 9 heteroatoms. The van der Waals surface area contributed by atoms with Gasteiger partial charge in [-0.05, 0) is 56.2 Å². The number of phenolic OH excluding ortho intramolecular Hbond substituents is 1. The van der Waals surface area contributed by atoms with Gasteiger partial charge in [-0.25, -0.2) is 18.5 Å². The molecule has 150 valence electrons. The van der Waals surface area contributed by atoms with Gasteiger partial charge in [0.05, 0.1) is 4.90 Å². The lowest BCUT2D eigenvalue weighted by Gasteiger charge is -2.31. The number of anilines is 4. The van der Waals surface area contributed by atoms with Crippen molar-refractivity contribution in [3.8, 4) is 5.75 Å². The van der Waals surface area contributed by atoms with Crippen LogP contribution in [0.2, 0.25) is 0 Å². The molecule has 0 saturated heterocycles. The Hall–Kier alpha value is -3.17. The van der Waals surface area contributed by atoms with Crippen molar-refractivity contribution in [2.24, 2.45) is 5.14 Å². The normalized spacial score (nSPS) is 13.8. The zero-order valence-corrected chi connectivity index (χ0v) is 16.6. The lowest BCUT2D eigenvalue weighted by molar-refractivity contribution is 0.465. The Morgan fingerprint density at radius 1 is 1.14 bits per heavy atom. The molecule has 1 aliphatic rings. The molecule has 3 aromatic rings. The summed E-state index contributed by atoms with van der Waals surface area (Å²) in [6, 6.07) is 13.5. The molecule has 0 radical (unpaired) electrons. The van der Waals surface area contributed by atoms with Crippen molar-refractivity contribution in [3.05, 3.63) is 59.8 Å². The number of primary sulfonamides is 1. The summed E-state index contributed by atoms with van der Waals surface area (Å²) in [7, 11) is -3.74. The number of nitrogens with two attached hydrogens (primary N) is 1. The van der Waals surface area contributed by atoms with Gasteiger partial charge in [0, 0.05) is 35.2 Å². The molecule has 0 bridgehead atoms. The fraction of sp³-hybridized carbons (Fsp3) is 0.200. The van der Waals surface area contributed by atoms with Crippen LogP contribution in [0, 0.1) is 6.92 Å². The van der Waals surface area contributed by atoms with Crippen LogP contribution in [0.15, 0.2) is 53.4 Å². The summed E-state index contributed by atoms with van der Waals surface area (Å²) in [5, 5.41) is 18.4. The van der Waals surface area contributed by atoms with Crippen LogP contribution in [-0.4, -0.2) is 30.0 Å². The van der Waals surface area contributed by atoms with E-state index >= 15 is 0 Å². The van der Waals surface area contributed by atoms with Crippen molar-refractivity contribution in [2.75, 3.05) is 16.8 Å². The second kappa shape index (κ2) is 7.34. The summed E-state index contributed by atoms with van der Waals surface area (Å²) in [6.45, 7) is 2.67. The van der Waals surface area contributed by atoms with E-state index in [0.29, 0.717) is 17.4 Å². The smallest absolute Gasteiger partial charge is 0.238 e. The Labute approximate surface area is 169 Å². The van der Waals surface area contributed by atoms with E-state index in [9.17, 15) is 13.5 Å². The third-order valence-corrected chi connectivity index (χ3v) is 5.71. The molecule has 4 N–H and O–H groups in total. The van der Waals surface area contributed by atoms with Gasteiger partial charge in [0.2, 0.25) is 16.0 Å². The first-order valence-corrected chi connectivity index (χ1v) is 10.7. The summed E-state index contributed by atoms with van der Waals surface area (Å²) in [5.41, 5.74) is 3.29. The predicted molar refractivity (Wildman–Crippen MR) is 111 cm³/mol. The molecule has 0 saturated carbocycles. The van der Waals surface area contributed by atoms with E-state index in [1.54, 1.807) is 18.2 Å². The van der Waals surface area contributed by atoms with Crippen LogP contribution in [0.25, 0.3) is 0 Å². The summed E-state index contributed by atoms with van der Waals surface area (Å²) in [6.07, 6.45) is 1.73. The first-order chi connectivity index (χ1) is 13.8. The van der Waals surface area contributed by atoms with E-state index in [1.165, 1.54) is 12.1 Å². The molecule has 1 aliphatic heterocycles. The van der Waals surface area contributed by atoms with Gasteiger partial charge in [-0.15, -0.1) is 0 Å². The van der Waals surface area contributed by atoms with Crippen LogP contribution in [0.1, 0.15) is 17.7 Å². The lowest BCUT2D eigenvalue weighted by Crippen LogP contribution is -2.25. The number of fused-ring (bicyclic) bond motifs is 1. The maximum absolute atomic E-state index is 11.4. The first kappa shape index (κ1) is 19.2. The highest BCUT2D eigenvalue weighted by atomic mass is 32.2. The lowest BCUT2D eigenvalue weighted by atomic mass is 10.0. The standard InChI is InChI=1S/C20H21N5O3S/c1-13-12-19(25-11-3-4-16-17(25)5-2-6-18(16)26)24-20(22-13)23-14-7-9-15(10-8-14)29(21,27)28/h2,5-10,12,26H,3-4,11H2,1H3,(H2,21,27,28)(H,22,23,24). The average molecular weight is 411 g/mol. The number of sulfonamides is 1. The van der Waals surface area contributed by atoms with Crippen molar-refractivity contribution >= 4 is 33.2 Å². The van der Waals surface area contributed by atoms with Crippen molar-refractivity contribution < 1.29 is 13.5 Å². The van der Waals surface area contributed by atoms with Crippen molar-refractivity contribution in [2.45, 2.75) is 24.7 Å². The number of nitrogens with zero attached hydrogens (tertiary/aromatic N) is 3. The Kier molecular flexibility index (Phi) is 4.85. The van der Waals surface area contributed by atoms with E-state index in [0.717, 1.165) is 42.1 Å². The van der Waals surface area contributed by atoms with Gasteiger partial charge in [0.15, 0.2) is 0 Å². The quantitative estimate of drug-likeness (QED) is 0.603. The Bertz CT molecular complexity index is 1160. The van der Waals surface area contributed by atoms with E-state index in [1.807, 2.05) is 25.1 Å². The van der Waals surface area contributed by atoms with E-state index < -0.39 is 10.0 Å². The molecule has 0 unspecified atom stereocenters. The van der Waals surface area contributed by atoms with E-state index in [4.69, 9.17) is 5.14 Å². The highest BCUT2D eigenvalue weighted by molar-refractivity contribution is 7.89. The number of rotatable bonds is 4. The highest BCUT2D eigenvalue weighted by Crippen LogP contribution is 2.37. The molecule has 0 aliphatic carbocycles. The molecule has 0 amide bonds. The minimum absolute atomic E-state index is 0.0404. The molecule has 0 fully saturated rings. The Morgan fingerprint density at radius 2 is 1.90 bits per heavy atom. The molecule has 0 atom stereocenters. The van der Waals surface area contributed by atoms with Crippen molar-refractivity contribution in [3.63, 3.8) is 0 Å². The van der Waals surface area contributed by atoms with Crippen LogP contribution in [-0.2, 0) is 16.4 Å². The fourth-order valence-electron chi connectivity index (χ4n) is 3.45. The number of phenols is 1. The number of benzene rings is 2. The molecule has 8 nitrogen and oxygen atoms in total. The first-order valence-electron chi connectivity index (χ1n) is 9.15. The number of nitrogens with one attached hydrogen (secondary N) is 1. The number of hydrogen-bond donors (Lipinski definition) is 3. The van der Waals surface area contributed by atoms with Gasteiger partial charge in [0.1, 0.15) is 11.6 Å². The van der Waals surface area contributed by atoms with Gasteiger partial charge < -0.3 is 15.3 Å². The van der Waals surface area contributed by atoms with Crippen LogP contribution >= 0.6 is 0 Å². The maximum Gasteiger partial charge on any atom is 0.238 e. The summed E-state index contributed by atoms with van der Waals surface area (Å²) < 4.78 is 22.8. The minimum Gasteiger partial charge on any atom is -0.508 e. The topological polar surface area (TPSA) is 121 Å². The van der Waals surface area contributed by atoms with Gasteiger partial charge in [-0.3, -0.25) is 0 Å². The monoisotopic (exact) mass is 411 g/mol. The van der Waals surface area contributed by atoms with E-state index in [2.05, 4.69) is 20.2 Å². The predicted octanol–water partition coefficient (Wildman–Crippen LogP) is 2.97. The summed E-state index contributed by atoms with van der Waals surface area (Å²) in [4.78, 5) is 11.2. The molecular weight excluding hydrogens is 390 g/mol. The van der Waals surface area contributed by atoms with Crippen LogP contribution in [0.4, 0.5) is 23.1 Å². The van der Waals surface area contributed by atoms with Gasteiger partial charge in [-0.1, -0.05) is 6.07 Å². The van der Waals surface area contributed by atoms with Gasteiger partial charge in [0.25, 0.3) is 0 Å². The third-order valence-electron chi connectivity index (χ3n) is 4.78. The van der Waals surface area contributed by atoms with Crippen LogP contribution in [0.3, 0.4) is 0 Å². The van der Waals surface area contributed by atoms with Crippen molar-refractivity contribution in [1.29, 1.82) is 0 Å². The largest absolute Gasteiger partial charge is 0.508 e. The van der Waals surface area contributed by atoms with Crippen LogP contribution in [0.5, 0.6) is 5.75 Å². The number of hydrogen-bond acceptors (Lipinski definition) is 7. The molecule has 1 aromatic heterocycles. The number of aromatic hydroxyl groups is 1. The minimum atomic E-state index is -3.74. The summed E-state index contributed by atoms with van der Waals surface area (Å²) >= 11 is 0. The third kappa shape index (κ3) is 4.01. The average Bonchev–Trinajstić information content (AvgIpc) is 2.67. The zero-order valence-electron chi connectivity index (χ0n) is 15.8. The molecule has 29 heavy (non-hydrogen) atoms. The molecule has 2 aromatic carbocycles. The molecule has 2 heterocycles. The maximum atomic E-state index is 11.4. The van der Waals surface area contributed by atoms with E-state index in [-0.39, 0.29) is 4.90 Å². The number of aryl methyl sites for hydroxylation is 1.